The summed E-state index contributed by atoms with van der Waals surface area (Å²) in [6, 6.07) is 5.83. The van der Waals surface area contributed by atoms with E-state index in [0.29, 0.717) is 11.7 Å². The summed E-state index contributed by atoms with van der Waals surface area (Å²) in [6.07, 6.45) is 0. The summed E-state index contributed by atoms with van der Waals surface area (Å²) in [4.78, 5) is 4.32. The van der Waals surface area contributed by atoms with E-state index < -0.39 is 0 Å². The fraction of sp³-hybridized carbons (Fsp3) is 0.167. The zero-order chi connectivity index (χ0) is 12.9. The topological polar surface area (TPSA) is 69.9 Å². The van der Waals surface area contributed by atoms with Gasteiger partial charge < -0.3 is 10.2 Å². The van der Waals surface area contributed by atoms with Crippen LogP contribution in [0.4, 0.5) is 5.82 Å². The SMILES string of the molecule is Cc1nc2cc(-c3c(Br)c(N)nn3C)ccc2o1. The van der Waals surface area contributed by atoms with E-state index in [0.717, 1.165) is 26.8 Å². The van der Waals surface area contributed by atoms with E-state index in [1.807, 2.05) is 32.2 Å². The maximum atomic E-state index is 5.78. The number of oxazole rings is 1. The molecule has 0 radical (unpaired) electrons. The Kier molecular flexibility index (Phi) is 2.41. The van der Waals surface area contributed by atoms with E-state index in [9.17, 15) is 0 Å². The lowest BCUT2D eigenvalue weighted by atomic mass is 10.1. The Morgan fingerprint density at radius 2 is 2.17 bits per heavy atom. The number of nitrogen functional groups attached to an aromatic ring is 1. The molecule has 0 aliphatic carbocycles. The zero-order valence-electron chi connectivity index (χ0n) is 9.94. The molecular weight excluding hydrogens is 296 g/mol. The average Bonchev–Trinajstić information content (AvgIpc) is 2.78. The van der Waals surface area contributed by atoms with Gasteiger partial charge in [-0.3, -0.25) is 4.68 Å². The van der Waals surface area contributed by atoms with Crippen LogP contribution in [-0.4, -0.2) is 14.8 Å². The molecule has 0 atom stereocenters. The number of anilines is 1. The number of fused-ring (bicyclic) bond motifs is 1. The largest absolute Gasteiger partial charge is 0.441 e. The Bertz CT molecular complexity index is 744. The van der Waals surface area contributed by atoms with Gasteiger partial charge in [0, 0.05) is 19.5 Å². The van der Waals surface area contributed by atoms with Gasteiger partial charge in [-0.15, -0.1) is 0 Å². The molecule has 0 aliphatic rings. The maximum Gasteiger partial charge on any atom is 0.192 e. The lowest BCUT2D eigenvalue weighted by Gasteiger charge is -2.02. The molecule has 0 saturated carbocycles. The number of nitrogens with two attached hydrogens (primary N) is 1. The number of halogens is 1. The number of hydrogen-bond donors (Lipinski definition) is 1. The molecular formula is C12H11BrN4O. The highest BCUT2D eigenvalue weighted by molar-refractivity contribution is 9.10. The fourth-order valence-electron chi connectivity index (χ4n) is 2.02. The summed E-state index contributed by atoms with van der Waals surface area (Å²) in [6.45, 7) is 1.83. The summed E-state index contributed by atoms with van der Waals surface area (Å²) in [7, 11) is 1.86. The lowest BCUT2D eigenvalue weighted by Crippen LogP contribution is -1.94. The molecule has 0 spiro atoms. The standard InChI is InChI=1S/C12H11BrN4O/c1-6-15-8-5-7(3-4-9(8)18-6)11-10(13)12(14)16-17(11)2/h3-5H,1-2H3,(H2,14,16). The molecule has 0 unspecified atom stereocenters. The molecule has 0 bridgehead atoms. The van der Waals surface area contributed by atoms with E-state index in [4.69, 9.17) is 10.2 Å². The van der Waals surface area contributed by atoms with Crippen LogP contribution in [0, 0.1) is 6.92 Å². The molecule has 2 heterocycles. The second kappa shape index (κ2) is 3.84. The fourth-order valence-corrected chi connectivity index (χ4v) is 2.59. The van der Waals surface area contributed by atoms with Crippen LogP contribution in [-0.2, 0) is 7.05 Å². The van der Waals surface area contributed by atoms with E-state index in [1.54, 1.807) is 4.68 Å². The molecule has 1 aromatic carbocycles. The van der Waals surface area contributed by atoms with Crippen LogP contribution < -0.4 is 5.73 Å². The van der Waals surface area contributed by atoms with Gasteiger partial charge in [0.05, 0.1) is 10.2 Å². The van der Waals surface area contributed by atoms with Gasteiger partial charge in [0.1, 0.15) is 5.52 Å². The van der Waals surface area contributed by atoms with Gasteiger partial charge in [0.25, 0.3) is 0 Å². The van der Waals surface area contributed by atoms with Crippen LogP contribution >= 0.6 is 15.9 Å². The molecule has 92 valence electrons. The molecule has 2 aromatic heterocycles. The van der Waals surface area contributed by atoms with E-state index in [1.165, 1.54) is 0 Å². The smallest absolute Gasteiger partial charge is 0.192 e. The van der Waals surface area contributed by atoms with Crippen molar-refractivity contribution in [2.24, 2.45) is 7.05 Å². The second-order valence-corrected chi connectivity index (χ2v) is 4.88. The highest BCUT2D eigenvalue weighted by Gasteiger charge is 2.14. The van der Waals surface area contributed by atoms with Crippen molar-refractivity contribution in [3.63, 3.8) is 0 Å². The molecule has 3 rings (SSSR count). The molecule has 0 fully saturated rings. The Labute approximate surface area is 112 Å². The van der Waals surface area contributed by atoms with Gasteiger partial charge in [-0.25, -0.2) is 4.98 Å². The van der Waals surface area contributed by atoms with Crippen molar-refractivity contribution in [1.29, 1.82) is 0 Å². The van der Waals surface area contributed by atoms with Gasteiger partial charge in [-0.2, -0.15) is 5.10 Å². The normalized spacial score (nSPS) is 11.3. The van der Waals surface area contributed by atoms with Crippen molar-refractivity contribution in [2.45, 2.75) is 6.92 Å². The predicted molar refractivity (Wildman–Crippen MR) is 73.1 cm³/mol. The van der Waals surface area contributed by atoms with Crippen LogP contribution in [0.1, 0.15) is 5.89 Å². The third-order valence-corrected chi connectivity index (χ3v) is 3.56. The van der Waals surface area contributed by atoms with Gasteiger partial charge in [0.2, 0.25) is 0 Å². The highest BCUT2D eigenvalue weighted by Crippen LogP contribution is 2.33. The maximum absolute atomic E-state index is 5.78. The Morgan fingerprint density at radius 1 is 1.39 bits per heavy atom. The van der Waals surface area contributed by atoms with Crippen molar-refractivity contribution in [3.05, 3.63) is 28.6 Å². The highest BCUT2D eigenvalue weighted by atomic mass is 79.9. The molecule has 5 nitrogen and oxygen atoms in total. The van der Waals surface area contributed by atoms with Crippen LogP contribution in [0.2, 0.25) is 0 Å². The predicted octanol–water partition coefficient (Wildman–Crippen LogP) is 2.88. The van der Waals surface area contributed by atoms with Crippen LogP contribution in [0.25, 0.3) is 22.4 Å². The summed E-state index contributed by atoms with van der Waals surface area (Å²) in [5.74, 6) is 1.13. The number of rotatable bonds is 1. The Balaban J connectivity index is 2.24. The summed E-state index contributed by atoms with van der Waals surface area (Å²) in [5.41, 5.74) is 9.31. The molecule has 0 aliphatic heterocycles. The van der Waals surface area contributed by atoms with E-state index >= 15 is 0 Å². The monoisotopic (exact) mass is 306 g/mol. The van der Waals surface area contributed by atoms with Crippen LogP contribution in [0.3, 0.4) is 0 Å². The minimum atomic E-state index is 0.476. The summed E-state index contributed by atoms with van der Waals surface area (Å²) in [5, 5.41) is 4.18. The zero-order valence-corrected chi connectivity index (χ0v) is 11.5. The van der Waals surface area contributed by atoms with Gasteiger partial charge in [-0.1, -0.05) is 0 Å². The third kappa shape index (κ3) is 1.60. The second-order valence-electron chi connectivity index (χ2n) is 4.09. The average molecular weight is 307 g/mol. The number of hydrogen-bond acceptors (Lipinski definition) is 4. The summed E-state index contributed by atoms with van der Waals surface area (Å²) >= 11 is 3.45. The number of nitrogens with zero attached hydrogens (tertiary/aromatic N) is 3. The number of aryl methyl sites for hydroxylation is 2. The Morgan fingerprint density at radius 3 is 2.83 bits per heavy atom. The minimum absolute atomic E-state index is 0.476. The van der Waals surface area contributed by atoms with Crippen molar-refractivity contribution in [1.82, 2.24) is 14.8 Å². The first kappa shape index (κ1) is 11.3. The van der Waals surface area contributed by atoms with Crippen molar-refractivity contribution in [3.8, 4) is 11.3 Å². The first-order chi connectivity index (χ1) is 8.56. The van der Waals surface area contributed by atoms with Gasteiger partial charge >= 0.3 is 0 Å². The molecule has 2 N–H and O–H groups in total. The van der Waals surface area contributed by atoms with Crippen molar-refractivity contribution in [2.75, 3.05) is 5.73 Å². The van der Waals surface area contributed by atoms with Crippen LogP contribution in [0.15, 0.2) is 27.1 Å². The third-order valence-electron chi connectivity index (χ3n) is 2.78. The van der Waals surface area contributed by atoms with Gasteiger partial charge in [0.15, 0.2) is 17.3 Å². The molecule has 0 saturated heterocycles. The molecule has 18 heavy (non-hydrogen) atoms. The molecule has 0 amide bonds. The molecule has 6 heteroatoms. The quantitative estimate of drug-likeness (QED) is 0.750. The number of benzene rings is 1. The minimum Gasteiger partial charge on any atom is -0.441 e. The summed E-state index contributed by atoms with van der Waals surface area (Å²) < 4.78 is 7.99. The van der Waals surface area contributed by atoms with Crippen LogP contribution in [0.5, 0.6) is 0 Å². The van der Waals surface area contributed by atoms with E-state index in [2.05, 4.69) is 26.0 Å². The molecule has 3 aromatic rings. The lowest BCUT2D eigenvalue weighted by molar-refractivity contribution is 0.561. The Hall–Kier alpha value is -1.82. The van der Waals surface area contributed by atoms with Crippen molar-refractivity contribution >= 4 is 32.8 Å². The van der Waals surface area contributed by atoms with Gasteiger partial charge in [-0.05, 0) is 34.1 Å². The first-order valence-electron chi connectivity index (χ1n) is 5.42. The van der Waals surface area contributed by atoms with E-state index in [-0.39, 0.29) is 0 Å². The van der Waals surface area contributed by atoms with Crippen molar-refractivity contribution < 1.29 is 4.42 Å². The first-order valence-corrected chi connectivity index (χ1v) is 6.21. The number of aromatic nitrogens is 3.